The molecule has 0 saturated carbocycles. The van der Waals surface area contributed by atoms with Gasteiger partial charge in [-0.3, -0.25) is 0 Å². The van der Waals surface area contributed by atoms with Gasteiger partial charge in [0.1, 0.15) is 0 Å². The number of hydrogen-bond donors (Lipinski definition) is 1. The van der Waals surface area contributed by atoms with Gasteiger partial charge in [-0.05, 0) is 19.3 Å². The van der Waals surface area contributed by atoms with E-state index < -0.39 is 8.80 Å². The van der Waals surface area contributed by atoms with E-state index in [-0.39, 0.29) is 17.9 Å². The van der Waals surface area contributed by atoms with Gasteiger partial charge in [-0.15, -0.1) is 12.4 Å². The predicted molar refractivity (Wildman–Crippen MR) is 126 cm³/mol. The topological polar surface area (TPSA) is 53.7 Å². The Bertz CT molecular complexity index is 333. The molecule has 172 valence electrons. The highest BCUT2D eigenvalue weighted by atomic mass is 35.5. The summed E-state index contributed by atoms with van der Waals surface area (Å²) in [4.78, 5) is 0. The van der Waals surface area contributed by atoms with Crippen LogP contribution in [0.15, 0.2) is 0 Å². The lowest BCUT2D eigenvalue weighted by atomic mass is 9.84. The van der Waals surface area contributed by atoms with Crippen molar-refractivity contribution in [2.24, 2.45) is 11.7 Å². The molecule has 0 aliphatic heterocycles. The molecule has 0 aromatic carbocycles. The molecule has 0 fully saturated rings. The van der Waals surface area contributed by atoms with E-state index in [0.29, 0.717) is 5.92 Å². The summed E-state index contributed by atoms with van der Waals surface area (Å²) in [5, 5.41) is 0. The van der Waals surface area contributed by atoms with E-state index in [0.717, 1.165) is 12.5 Å². The average Bonchev–Trinajstić information content (AvgIpc) is 2.66. The molecule has 28 heavy (non-hydrogen) atoms. The van der Waals surface area contributed by atoms with E-state index in [9.17, 15) is 0 Å². The molecule has 0 saturated heterocycles. The van der Waals surface area contributed by atoms with Crippen molar-refractivity contribution >= 4 is 21.2 Å². The fraction of sp³-hybridized carbons (Fsp3) is 1.00. The predicted octanol–water partition coefficient (Wildman–Crippen LogP) is 6.73. The summed E-state index contributed by atoms with van der Waals surface area (Å²) in [6.07, 6.45) is 17.5. The van der Waals surface area contributed by atoms with Crippen molar-refractivity contribution < 1.29 is 13.3 Å². The summed E-state index contributed by atoms with van der Waals surface area (Å²) in [6.45, 7) is 6.64. The van der Waals surface area contributed by atoms with Crippen LogP contribution in [-0.4, -0.2) is 35.7 Å². The minimum absolute atomic E-state index is 0. The second-order valence-electron chi connectivity index (χ2n) is 8.55. The summed E-state index contributed by atoms with van der Waals surface area (Å²) in [6, 6.07) is 0.766. The smallest absolute Gasteiger partial charge is 0.377 e. The van der Waals surface area contributed by atoms with Crippen LogP contribution in [0.4, 0.5) is 0 Å². The van der Waals surface area contributed by atoms with E-state index in [4.69, 9.17) is 19.0 Å². The molecule has 0 bridgehead atoms. The number of unbranched alkanes of at least 4 members (excludes halogenated alkanes) is 11. The molecule has 0 rings (SSSR count). The molecular formula is C22H50ClNO3Si. The maximum absolute atomic E-state index is 6.62. The number of nitrogens with two attached hydrogens (primary N) is 1. The molecule has 4 nitrogen and oxygen atoms in total. The average molecular weight is 440 g/mol. The number of halogens is 1. The first-order valence-electron chi connectivity index (χ1n) is 11.3. The Labute approximate surface area is 183 Å². The Hall–Kier alpha value is 0.347. The quantitative estimate of drug-likeness (QED) is 0.179. The minimum Gasteiger partial charge on any atom is -0.377 e. The third-order valence-electron chi connectivity index (χ3n) is 6.18. The van der Waals surface area contributed by atoms with Crippen molar-refractivity contribution in [3.63, 3.8) is 0 Å². The van der Waals surface area contributed by atoms with Gasteiger partial charge in [0.15, 0.2) is 0 Å². The highest BCUT2D eigenvalue weighted by Gasteiger charge is 2.43. The normalized spacial score (nSPS) is 15.1. The fourth-order valence-corrected chi connectivity index (χ4v) is 5.92. The maximum atomic E-state index is 6.62. The first kappa shape index (κ1) is 30.5. The largest absolute Gasteiger partial charge is 0.500 e. The lowest BCUT2D eigenvalue weighted by Gasteiger charge is -2.36. The van der Waals surface area contributed by atoms with E-state index in [1.165, 1.54) is 77.0 Å². The Kier molecular flexibility index (Phi) is 19.8. The van der Waals surface area contributed by atoms with Crippen LogP contribution in [0.2, 0.25) is 6.04 Å². The van der Waals surface area contributed by atoms with Gasteiger partial charge >= 0.3 is 8.80 Å². The summed E-state index contributed by atoms with van der Waals surface area (Å²) >= 11 is 0. The van der Waals surface area contributed by atoms with Crippen LogP contribution in [0, 0.1) is 5.92 Å². The van der Waals surface area contributed by atoms with Crippen molar-refractivity contribution in [1.82, 2.24) is 0 Å². The van der Waals surface area contributed by atoms with E-state index in [2.05, 4.69) is 20.8 Å². The lowest BCUT2D eigenvalue weighted by molar-refractivity contribution is 0.112. The van der Waals surface area contributed by atoms with Gasteiger partial charge < -0.3 is 19.0 Å². The van der Waals surface area contributed by atoms with Gasteiger partial charge in [-0.1, -0.05) is 90.9 Å². The number of rotatable bonds is 19. The standard InChI is InChI=1S/C22H49NO3Si.ClH/c1-7-8-9-10-11-12-13-14-15-16-17-18-19-22(3,23)21(2)20-27(24-4,25-5)26-6;/h21H,7-20,23H2,1-6H3;1H. The van der Waals surface area contributed by atoms with Crippen molar-refractivity contribution in [1.29, 1.82) is 0 Å². The molecule has 2 atom stereocenters. The Morgan fingerprint density at radius 1 is 0.750 bits per heavy atom. The lowest BCUT2D eigenvalue weighted by Crippen LogP contribution is -2.51. The molecule has 0 spiro atoms. The molecular weight excluding hydrogens is 390 g/mol. The molecule has 0 aromatic heterocycles. The van der Waals surface area contributed by atoms with Crippen molar-refractivity contribution in [3.05, 3.63) is 0 Å². The molecule has 0 aliphatic rings. The Balaban J connectivity index is 0. The number of hydrogen-bond acceptors (Lipinski definition) is 4. The van der Waals surface area contributed by atoms with Crippen LogP contribution < -0.4 is 5.73 Å². The third-order valence-corrected chi connectivity index (χ3v) is 9.16. The molecule has 0 amide bonds. The van der Waals surface area contributed by atoms with Crippen molar-refractivity contribution in [2.75, 3.05) is 21.3 Å². The summed E-state index contributed by atoms with van der Waals surface area (Å²) < 4.78 is 16.7. The van der Waals surface area contributed by atoms with Crippen LogP contribution in [0.1, 0.15) is 104 Å². The van der Waals surface area contributed by atoms with Crippen molar-refractivity contribution in [2.45, 2.75) is 116 Å². The zero-order valence-electron chi connectivity index (χ0n) is 19.7. The molecule has 2 unspecified atom stereocenters. The third kappa shape index (κ3) is 13.5. The SMILES string of the molecule is CCCCCCCCCCCCCCC(C)(N)C(C)C[Si](OC)(OC)OC.Cl. The van der Waals surface area contributed by atoms with E-state index in [1.54, 1.807) is 21.3 Å². The zero-order chi connectivity index (χ0) is 20.6. The first-order valence-corrected chi connectivity index (χ1v) is 13.2. The molecule has 0 aliphatic carbocycles. The van der Waals surface area contributed by atoms with E-state index in [1.807, 2.05) is 0 Å². The second kappa shape index (κ2) is 18.1. The van der Waals surface area contributed by atoms with Gasteiger partial charge in [-0.2, -0.15) is 0 Å². The highest BCUT2D eigenvalue weighted by Crippen LogP contribution is 2.30. The van der Waals surface area contributed by atoms with Crippen LogP contribution in [0.3, 0.4) is 0 Å². The molecule has 2 N–H and O–H groups in total. The molecule has 0 radical (unpaired) electrons. The first-order chi connectivity index (χ1) is 12.9. The zero-order valence-corrected chi connectivity index (χ0v) is 21.5. The van der Waals surface area contributed by atoms with Crippen LogP contribution in [0.25, 0.3) is 0 Å². The fourth-order valence-electron chi connectivity index (χ4n) is 3.70. The molecule has 6 heteroatoms. The van der Waals surface area contributed by atoms with Gasteiger partial charge in [0, 0.05) is 32.9 Å². The van der Waals surface area contributed by atoms with Gasteiger partial charge in [-0.25, -0.2) is 0 Å². The van der Waals surface area contributed by atoms with Gasteiger partial charge in [0.05, 0.1) is 0 Å². The van der Waals surface area contributed by atoms with Gasteiger partial charge in [0.2, 0.25) is 0 Å². The Morgan fingerprint density at radius 3 is 1.46 bits per heavy atom. The highest BCUT2D eigenvalue weighted by molar-refractivity contribution is 6.60. The van der Waals surface area contributed by atoms with Crippen molar-refractivity contribution in [3.8, 4) is 0 Å². The van der Waals surface area contributed by atoms with E-state index >= 15 is 0 Å². The monoisotopic (exact) mass is 439 g/mol. The van der Waals surface area contributed by atoms with Gasteiger partial charge in [0.25, 0.3) is 0 Å². The summed E-state index contributed by atoms with van der Waals surface area (Å²) in [7, 11) is 2.46. The second-order valence-corrected chi connectivity index (χ2v) is 11.5. The summed E-state index contributed by atoms with van der Waals surface area (Å²) in [5.74, 6) is 0.303. The molecule has 0 heterocycles. The Morgan fingerprint density at radius 2 is 1.11 bits per heavy atom. The minimum atomic E-state index is -2.55. The maximum Gasteiger partial charge on any atom is 0.500 e. The van der Waals surface area contributed by atoms with Crippen LogP contribution >= 0.6 is 12.4 Å². The van der Waals surface area contributed by atoms with Crippen LogP contribution in [0.5, 0.6) is 0 Å². The van der Waals surface area contributed by atoms with Crippen LogP contribution in [-0.2, 0) is 13.3 Å². The molecule has 0 aromatic rings. The summed E-state index contributed by atoms with van der Waals surface area (Å²) in [5.41, 5.74) is 6.42.